The average Bonchev–Trinajstić information content (AvgIpc) is 3.05. The van der Waals surface area contributed by atoms with E-state index < -0.39 is 27.8 Å². The zero-order valence-electron chi connectivity index (χ0n) is 11.1. The van der Waals surface area contributed by atoms with Crippen LogP contribution >= 0.6 is 11.6 Å². The van der Waals surface area contributed by atoms with E-state index in [2.05, 4.69) is 5.16 Å². The number of rotatable bonds is 3. The largest absolute Gasteiger partial charge is 0.338 e. The van der Waals surface area contributed by atoms with Crippen molar-refractivity contribution in [2.45, 2.75) is 11.7 Å². The Morgan fingerprint density at radius 2 is 2.09 bits per heavy atom. The minimum absolute atomic E-state index is 0.0612. The van der Waals surface area contributed by atoms with E-state index in [0.29, 0.717) is 16.3 Å². The third-order valence-electron chi connectivity index (χ3n) is 3.40. The third kappa shape index (κ3) is 2.71. The van der Waals surface area contributed by atoms with Crippen molar-refractivity contribution in [3.8, 4) is 11.3 Å². The number of benzene rings is 1. The summed E-state index contributed by atoms with van der Waals surface area (Å²) in [5, 5.41) is 2.89. The highest BCUT2D eigenvalue weighted by Crippen LogP contribution is 2.32. The molecule has 6 nitrogen and oxygen atoms in total. The van der Waals surface area contributed by atoms with Crippen LogP contribution in [0, 0.1) is 0 Å². The number of carbonyl (C=O) groups excluding carboxylic acids is 1. The summed E-state index contributed by atoms with van der Waals surface area (Å²) in [5.41, 5.74) is 1.01. The smallest absolute Gasteiger partial charge is 0.307 e. The van der Waals surface area contributed by atoms with Gasteiger partial charge in [0.15, 0.2) is 0 Å². The van der Waals surface area contributed by atoms with Crippen LogP contribution in [0.3, 0.4) is 0 Å². The van der Waals surface area contributed by atoms with E-state index in [-0.39, 0.29) is 12.4 Å². The van der Waals surface area contributed by atoms with Crippen molar-refractivity contribution in [3.05, 3.63) is 35.4 Å². The molecule has 2 heterocycles. The van der Waals surface area contributed by atoms with E-state index in [1.165, 1.54) is 6.07 Å². The number of hydrogen-bond donors (Lipinski definition) is 0. The molecule has 0 bridgehead atoms. The second-order valence-corrected chi connectivity index (χ2v) is 6.86. The predicted molar refractivity (Wildman–Crippen MR) is 77.7 cm³/mol. The van der Waals surface area contributed by atoms with E-state index in [9.17, 15) is 17.1 Å². The fourth-order valence-electron chi connectivity index (χ4n) is 2.27. The molecule has 2 aromatic rings. The number of halogens is 2. The molecular weight excluding hydrogens is 335 g/mol. The number of hydrogen-bond acceptors (Lipinski definition) is 5. The zero-order chi connectivity index (χ0) is 15.9. The minimum atomic E-state index is -4.77. The van der Waals surface area contributed by atoms with Crippen molar-refractivity contribution in [1.82, 2.24) is 5.16 Å². The van der Waals surface area contributed by atoms with Gasteiger partial charge in [-0.1, -0.05) is 35.0 Å². The number of anilines is 1. The number of carbonyl (C=O) groups is 1. The van der Waals surface area contributed by atoms with Crippen LogP contribution in [0.2, 0.25) is 5.02 Å². The number of nitrogens with zero attached hydrogens (tertiary/aromatic N) is 2. The van der Waals surface area contributed by atoms with Crippen LogP contribution in [0.1, 0.15) is 6.42 Å². The minimum Gasteiger partial charge on any atom is -0.338 e. The molecule has 1 amide bonds. The Balaban J connectivity index is 1.89. The van der Waals surface area contributed by atoms with Gasteiger partial charge < -0.3 is 4.52 Å². The number of amides is 1. The predicted octanol–water partition coefficient (Wildman–Crippen LogP) is 2.40. The molecule has 9 heteroatoms. The summed E-state index contributed by atoms with van der Waals surface area (Å²) < 4.78 is 39.9. The molecular formula is C13H10ClFN2O4S. The summed E-state index contributed by atoms with van der Waals surface area (Å²) in [5.74, 6) is -0.473. The zero-order valence-corrected chi connectivity index (χ0v) is 12.6. The number of aromatic nitrogens is 1. The van der Waals surface area contributed by atoms with Crippen molar-refractivity contribution < 1.29 is 21.6 Å². The Morgan fingerprint density at radius 3 is 2.73 bits per heavy atom. The summed E-state index contributed by atoms with van der Waals surface area (Å²) in [6, 6.07) is 8.39. The SMILES string of the molecule is O=C1CC(S(=O)(=O)F)CN1c1cc(-c2ccccc2Cl)no1. The molecule has 0 radical (unpaired) electrons. The highest BCUT2D eigenvalue weighted by Gasteiger charge is 2.40. The van der Waals surface area contributed by atoms with E-state index in [0.717, 1.165) is 4.90 Å². The molecule has 0 saturated carbocycles. The van der Waals surface area contributed by atoms with Crippen LogP contribution in [0.5, 0.6) is 0 Å². The summed E-state index contributed by atoms with van der Waals surface area (Å²) in [4.78, 5) is 12.9. The average molecular weight is 345 g/mol. The topological polar surface area (TPSA) is 80.5 Å². The van der Waals surface area contributed by atoms with Gasteiger partial charge in [0.05, 0.1) is 5.02 Å². The standard InChI is InChI=1S/C13H10ClFN2O4S/c14-10-4-2-1-3-9(10)11-6-13(21-16-11)17-7-8(5-12(17)18)22(15,19)20/h1-4,6,8H,5,7H2. The molecule has 1 atom stereocenters. The molecule has 1 aliphatic rings. The molecule has 1 aliphatic heterocycles. The molecule has 1 aromatic carbocycles. The van der Waals surface area contributed by atoms with Crippen molar-refractivity contribution in [2.75, 3.05) is 11.4 Å². The van der Waals surface area contributed by atoms with Gasteiger partial charge in [-0.05, 0) is 6.07 Å². The highest BCUT2D eigenvalue weighted by molar-refractivity contribution is 7.87. The maximum Gasteiger partial charge on any atom is 0.307 e. The normalized spacial score (nSPS) is 18.9. The first-order chi connectivity index (χ1) is 10.4. The van der Waals surface area contributed by atoms with Gasteiger partial charge in [-0.3, -0.25) is 9.69 Å². The van der Waals surface area contributed by atoms with Crippen LogP contribution in [0.4, 0.5) is 9.77 Å². The summed E-state index contributed by atoms with van der Waals surface area (Å²) in [6.07, 6.45) is -0.416. The first-order valence-electron chi connectivity index (χ1n) is 6.31. The van der Waals surface area contributed by atoms with Gasteiger partial charge in [0.1, 0.15) is 10.9 Å². The molecule has 22 heavy (non-hydrogen) atoms. The second-order valence-electron chi connectivity index (χ2n) is 4.84. The maximum atomic E-state index is 13.0. The highest BCUT2D eigenvalue weighted by atomic mass is 35.5. The summed E-state index contributed by atoms with van der Waals surface area (Å²) in [6.45, 7) is -0.297. The van der Waals surface area contributed by atoms with Crippen LogP contribution in [0.25, 0.3) is 11.3 Å². The van der Waals surface area contributed by atoms with Gasteiger partial charge >= 0.3 is 10.2 Å². The van der Waals surface area contributed by atoms with Gasteiger partial charge in [-0.2, -0.15) is 8.42 Å². The van der Waals surface area contributed by atoms with Crippen LogP contribution < -0.4 is 4.90 Å². The Labute approximate surface area is 130 Å². The molecule has 1 aromatic heterocycles. The van der Waals surface area contributed by atoms with Gasteiger partial charge in [-0.15, -0.1) is 3.89 Å². The van der Waals surface area contributed by atoms with Gasteiger partial charge in [0.2, 0.25) is 11.8 Å². The Morgan fingerprint density at radius 1 is 1.36 bits per heavy atom. The third-order valence-corrected chi connectivity index (χ3v) is 4.84. The fraction of sp³-hybridized carbons (Fsp3) is 0.231. The van der Waals surface area contributed by atoms with Gasteiger partial charge in [-0.25, -0.2) is 0 Å². The van der Waals surface area contributed by atoms with Gasteiger partial charge in [0.25, 0.3) is 0 Å². The lowest BCUT2D eigenvalue weighted by Gasteiger charge is -2.10. The lowest BCUT2D eigenvalue weighted by Crippen LogP contribution is -2.26. The van der Waals surface area contributed by atoms with Crippen molar-refractivity contribution in [3.63, 3.8) is 0 Å². The summed E-state index contributed by atoms with van der Waals surface area (Å²) in [7, 11) is -4.77. The Kier molecular flexibility index (Phi) is 3.65. The second kappa shape index (κ2) is 5.36. The molecule has 0 aliphatic carbocycles. The molecule has 1 saturated heterocycles. The molecule has 0 spiro atoms. The van der Waals surface area contributed by atoms with E-state index >= 15 is 0 Å². The van der Waals surface area contributed by atoms with Crippen LogP contribution in [-0.4, -0.2) is 31.3 Å². The van der Waals surface area contributed by atoms with Crippen molar-refractivity contribution in [2.24, 2.45) is 0 Å². The first kappa shape index (κ1) is 15.0. The molecule has 3 rings (SSSR count). The quantitative estimate of drug-likeness (QED) is 0.799. The van der Waals surface area contributed by atoms with Crippen LogP contribution in [0.15, 0.2) is 34.9 Å². The van der Waals surface area contributed by atoms with E-state index in [1.807, 2.05) is 0 Å². The van der Waals surface area contributed by atoms with Crippen molar-refractivity contribution >= 4 is 33.6 Å². The lowest BCUT2D eigenvalue weighted by atomic mass is 10.1. The van der Waals surface area contributed by atoms with Crippen LogP contribution in [-0.2, 0) is 15.0 Å². The van der Waals surface area contributed by atoms with E-state index in [1.54, 1.807) is 24.3 Å². The monoisotopic (exact) mass is 344 g/mol. The Hall–Kier alpha value is -1.93. The first-order valence-corrected chi connectivity index (χ1v) is 8.14. The molecule has 116 valence electrons. The molecule has 1 unspecified atom stereocenters. The van der Waals surface area contributed by atoms with Gasteiger partial charge in [0, 0.05) is 24.6 Å². The summed E-state index contributed by atoms with van der Waals surface area (Å²) >= 11 is 6.05. The Bertz CT molecular complexity index is 836. The fourth-order valence-corrected chi connectivity index (χ4v) is 3.17. The molecule has 0 N–H and O–H groups in total. The van der Waals surface area contributed by atoms with E-state index in [4.69, 9.17) is 16.1 Å². The maximum absolute atomic E-state index is 13.0. The molecule has 1 fully saturated rings. The van der Waals surface area contributed by atoms with Crippen molar-refractivity contribution in [1.29, 1.82) is 0 Å². The lowest BCUT2D eigenvalue weighted by molar-refractivity contribution is -0.117.